The minimum Gasteiger partial charge on any atom is -0.416 e. The number of halogens is 1. The van der Waals surface area contributed by atoms with Crippen molar-refractivity contribution >= 4 is 13.8 Å². The van der Waals surface area contributed by atoms with Crippen LogP contribution in [-0.2, 0) is 18.4 Å². The van der Waals surface area contributed by atoms with Gasteiger partial charge < -0.3 is 4.52 Å². The molecule has 12 heavy (non-hydrogen) atoms. The van der Waals surface area contributed by atoms with Crippen molar-refractivity contribution in [2.45, 2.75) is 0 Å². The highest BCUT2D eigenvalue weighted by Gasteiger charge is 2.23. The van der Waals surface area contributed by atoms with Crippen LogP contribution in [0.15, 0.2) is 17.6 Å². The summed E-state index contributed by atoms with van der Waals surface area (Å²) < 4.78 is 33.9. The van der Waals surface area contributed by atoms with Gasteiger partial charge in [-0.25, -0.2) is 13.8 Å². The van der Waals surface area contributed by atoms with Crippen LogP contribution in [0.3, 0.4) is 0 Å². The third kappa shape index (κ3) is 4.03. The van der Waals surface area contributed by atoms with Gasteiger partial charge in [-0.3, -0.25) is 4.52 Å². The molecule has 0 amide bonds. The lowest BCUT2D eigenvalue weighted by Crippen LogP contribution is -1.93. The van der Waals surface area contributed by atoms with Gasteiger partial charge in [-0.1, -0.05) is 11.3 Å². The fourth-order valence-electron chi connectivity index (χ4n) is 0.377. The van der Waals surface area contributed by atoms with Crippen LogP contribution in [-0.4, -0.2) is 19.4 Å². The van der Waals surface area contributed by atoms with Gasteiger partial charge in [0.1, 0.15) is 6.67 Å². The Morgan fingerprint density at radius 2 is 2.42 bits per heavy atom. The number of alkyl halides is 1. The lowest BCUT2D eigenvalue weighted by atomic mass is 10.9. The number of rotatable bonds is 6. The van der Waals surface area contributed by atoms with Crippen LogP contribution in [0.2, 0.25) is 0 Å². The topological polar surface area (TPSA) is 65.0 Å². The Labute approximate surface area is 68.5 Å². The van der Waals surface area contributed by atoms with Crippen LogP contribution in [0.25, 0.3) is 0 Å². The molecule has 0 aliphatic rings. The van der Waals surface area contributed by atoms with Gasteiger partial charge in [0.2, 0.25) is 6.08 Å². The minimum absolute atomic E-state index is 0.462. The van der Waals surface area contributed by atoms with Gasteiger partial charge in [0.25, 0.3) is 0 Å². The molecule has 0 saturated heterocycles. The largest absolute Gasteiger partial charge is 0.517 e. The van der Waals surface area contributed by atoms with Crippen molar-refractivity contribution in [2.24, 2.45) is 4.76 Å². The standard InChI is InChI=1S/C5H7FNO4P/c1-2-10-12(9,7-5-8)11-4-3-6/h2H,1,3-4H2. The Morgan fingerprint density at radius 3 is 2.83 bits per heavy atom. The third-order valence-corrected chi connectivity index (χ3v) is 1.95. The Bertz CT molecular complexity index is 238. The lowest BCUT2D eigenvalue weighted by Gasteiger charge is -2.07. The van der Waals surface area contributed by atoms with Gasteiger partial charge in [0.15, 0.2) is 0 Å². The van der Waals surface area contributed by atoms with Crippen molar-refractivity contribution in [3.63, 3.8) is 0 Å². The van der Waals surface area contributed by atoms with E-state index in [1.165, 1.54) is 0 Å². The van der Waals surface area contributed by atoms with Crippen molar-refractivity contribution in [3.8, 4) is 0 Å². The number of hydrogen-bond acceptors (Lipinski definition) is 4. The number of hydrogen-bond donors (Lipinski definition) is 0. The Morgan fingerprint density at radius 1 is 1.75 bits per heavy atom. The monoisotopic (exact) mass is 195 g/mol. The molecule has 0 N–H and O–H groups in total. The van der Waals surface area contributed by atoms with Crippen molar-refractivity contribution in [2.75, 3.05) is 13.3 Å². The van der Waals surface area contributed by atoms with Gasteiger partial charge in [-0.15, -0.1) is 0 Å². The summed E-state index contributed by atoms with van der Waals surface area (Å²) >= 11 is 0. The predicted molar refractivity (Wildman–Crippen MR) is 38.9 cm³/mol. The van der Waals surface area contributed by atoms with Crippen LogP contribution < -0.4 is 0 Å². The van der Waals surface area contributed by atoms with E-state index in [1.54, 1.807) is 0 Å². The fraction of sp³-hybridized carbons (Fsp3) is 0.400. The first-order valence-corrected chi connectivity index (χ1v) is 4.37. The molecule has 1 atom stereocenters. The minimum atomic E-state index is -3.89. The first kappa shape index (κ1) is 11.0. The van der Waals surface area contributed by atoms with Crippen LogP contribution >= 0.6 is 7.75 Å². The Hall–Kier alpha value is -0.960. The van der Waals surface area contributed by atoms with E-state index in [9.17, 15) is 13.8 Å². The van der Waals surface area contributed by atoms with Gasteiger partial charge >= 0.3 is 7.75 Å². The van der Waals surface area contributed by atoms with Crippen molar-refractivity contribution in [1.82, 2.24) is 0 Å². The molecule has 0 aliphatic heterocycles. The molecule has 7 heteroatoms. The summed E-state index contributed by atoms with van der Waals surface area (Å²) in [5.41, 5.74) is 0. The van der Waals surface area contributed by atoms with Crippen LogP contribution in [0.4, 0.5) is 4.39 Å². The van der Waals surface area contributed by atoms with Crippen LogP contribution in [0.5, 0.6) is 0 Å². The first-order chi connectivity index (χ1) is 5.68. The van der Waals surface area contributed by atoms with Gasteiger partial charge in [0.05, 0.1) is 12.9 Å². The lowest BCUT2D eigenvalue weighted by molar-refractivity contribution is 0.227. The Kier molecular flexibility index (Phi) is 5.21. The molecule has 0 aromatic carbocycles. The molecule has 0 fully saturated rings. The summed E-state index contributed by atoms with van der Waals surface area (Å²) in [4.78, 5) is 9.71. The molecule has 68 valence electrons. The summed E-state index contributed by atoms with van der Waals surface area (Å²) in [5, 5.41) is 0. The van der Waals surface area contributed by atoms with E-state index >= 15 is 0 Å². The van der Waals surface area contributed by atoms with Gasteiger partial charge in [-0.05, 0) is 0 Å². The highest BCUT2D eigenvalue weighted by molar-refractivity contribution is 7.52. The summed E-state index contributed by atoms with van der Waals surface area (Å²) in [7, 11) is -3.89. The molecule has 1 unspecified atom stereocenters. The highest BCUT2D eigenvalue weighted by atomic mass is 31.2. The molecule has 0 aliphatic carbocycles. The van der Waals surface area contributed by atoms with E-state index in [1.807, 2.05) is 0 Å². The van der Waals surface area contributed by atoms with Crippen LogP contribution in [0.1, 0.15) is 0 Å². The van der Waals surface area contributed by atoms with Crippen LogP contribution in [0, 0.1) is 0 Å². The molecule has 0 radical (unpaired) electrons. The zero-order valence-corrected chi connectivity index (χ0v) is 7.00. The average Bonchev–Trinajstić information content (AvgIpc) is 2.02. The second-order valence-electron chi connectivity index (χ2n) is 1.45. The maximum absolute atomic E-state index is 11.5. The maximum atomic E-state index is 11.5. The van der Waals surface area contributed by atoms with E-state index in [0.29, 0.717) is 0 Å². The highest BCUT2D eigenvalue weighted by Crippen LogP contribution is 2.49. The van der Waals surface area contributed by atoms with E-state index in [2.05, 4.69) is 20.4 Å². The molecule has 0 aromatic heterocycles. The van der Waals surface area contributed by atoms with Gasteiger partial charge in [0, 0.05) is 0 Å². The maximum Gasteiger partial charge on any atom is 0.517 e. The van der Waals surface area contributed by atoms with Crippen molar-refractivity contribution in [1.29, 1.82) is 0 Å². The number of isocyanates is 1. The third-order valence-electron chi connectivity index (χ3n) is 0.703. The molecule has 5 nitrogen and oxygen atoms in total. The molecular weight excluding hydrogens is 188 g/mol. The van der Waals surface area contributed by atoms with Crippen molar-refractivity contribution < 1.29 is 22.8 Å². The second-order valence-corrected chi connectivity index (χ2v) is 3.06. The summed E-state index contributed by atoms with van der Waals surface area (Å²) in [6.45, 7) is 1.77. The number of nitrogens with zero attached hydrogens (tertiary/aromatic N) is 1. The molecule has 0 rings (SSSR count). The molecular formula is C5H7FNO4P. The van der Waals surface area contributed by atoms with E-state index < -0.39 is 21.0 Å². The summed E-state index contributed by atoms with van der Waals surface area (Å²) in [6.07, 6.45) is 1.79. The van der Waals surface area contributed by atoms with E-state index in [4.69, 9.17) is 0 Å². The Balaban J connectivity index is 4.28. The summed E-state index contributed by atoms with van der Waals surface area (Å²) in [6, 6.07) is 0. The first-order valence-electron chi connectivity index (χ1n) is 2.88. The molecule has 0 bridgehead atoms. The quantitative estimate of drug-likeness (QED) is 0.279. The van der Waals surface area contributed by atoms with E-state index in [0.717, 1.165) is 12.3 Å². The van der Waals surface area contributed by atoms with Crippen molar-refractivity contribution in [3.05, 3.63) is 12.8 Å². The number of carbonyl (C=O) groups excluding carboxylic acids is 1. The molecule has 0 saturated carbocycles. The smallest absolute Gasteiger partial charge is 0.416 e. The average molecular weight is 195 g/mol. The molecule has 0 spiro atoms. The SMILES string of the molecule is C=COP(=O)(N=C=O)OCCF. The predicted octanol–water partition coefficient (Wildman–Crippen LogP) is 1.58. The second kappa shape index (κ2) is 5.66. The van der Waals surface area contributed by atoms with E-state index in [-0.39, 0.29) is 0 Å². The summed E-state index contributed by atoms with van der Waals surface area (Å²) in [5.74, 6) is 0. The zero-order valence-electron chi connectivity index (χ0n) is 6.10. The fourth-order valence-corrected chi connectivity index (χ4v) is 1.13. The normalized spacial score (nSPS) is 14.1. The zero-order chi connectivity index (χ0) is 9.45. The van der Waals surface area contributed by atoms with Gasteiger partial charge in [-0.2, -0.15) is 0 Å². The molecule has 0 aromatic rings. The molecule has 0 heterocycles.